The summed E-state index contributed by atoms with van der Waals surface area (Å²) in [4.78, 5) is 0. The van der Waals surface area contributed by atoms with Crippen LogP contribution in [0.1, 0.15) is 23.5 Å². The lowest BCUT2D eigenvalue weighted by Crippen LogP contribution is -1.85. The second-order valence-corrected chi connectivity index (χ2v) is 3.48. The first-order valence-corrected chi connectivity index (χ1v) is 4.78. The third-order valence-electron chi connectivity index (χ3n) is 2.39. The number of hydrogen-bond acceptors (Lipinski definition) is 0. The third-order valence-corrected chi connectivity index (χ3v) is 2.39. The van der Waals surface area contributed by atoms with E-state index in [0.29, 0.717) is 5.92 Å². The average molecular weight is 170 g/mol. The van der Waals surface area contributed by atoms with Gasteiger partial charge in [0.2, 0.25) is 0 Å². The Labute approximate surface area is 79.6 Å². The van der Waals surface area contributed by atoms with Gasteiger partial charge in [0.1, 0.15) is 0 Å². The Balaban J connectivity index is 2.00. The first kappa shape index (κ1) is 8.31. The molecule has 0 aromatic heterocycles. The maximum Gasteiger partial charge on any atom is 0.0199 e. The third kappa shape index (κ3) is 2.09. The fourth-order valence-electron chi connectivity index (χ4n) is 1.45. The molecule has 2 rings (SSSR count). The summed E-state index contributed by atoms with van der Waals surface area (Å²) in [7, 11) is 0. The smallest absolute Gasteiger partial charge is 0.0199 e. The molecule has 0 heterocycles. The number of rotatable bonds is 4. The minimum Gasteiger partial charge on any atom is -0.103 e. The van der Waals surface area contributed by atoms with Crippen LogP contribution in [0.3, 0.4) is 0 Å². The number of hydrogen-bond donors (Lipinski definition) is 0. The molecule has 1 aromatic carbocycles. The minimum absolute atomic E-state index is 0.633. The van der Waals surface area contributed by atoms with Crippen LogP contribution in [-0.2, 0) is 6.42 Å². The number of benzene rings is 1. The van der Waals surface area contributed by atoms with Gasteiger partial charge in [-0.2, -0.15) is 0 Å². The molecule has 1 aromatic rings. The van der Waals surface area contributed by atoms with E-state index in [2.05, 4.69) is 43.0 Å². The molecule has 0 aliphatic heterocycles. The quantitative estimate of drug-likeness (QED) is 0.607. The van der Waals surface area contributed by atoms with Crippen molar-refractivity contribution in [2.45, 2.75) is 18.8 Å². The summed E-state index contributed by atoms with van der Waals surface area (Å²) in [5, 5.41) is 0. The Morgan fingerprint density at radius 2 is 1.85 bits per heavy atom. The Bertz CT molecular complexity index is 310. The summed E-state index contributed by atoms with van der Waals surface area (Å²) in [5.74, 6) is 0.633. The lowest BCUT2D eigenvalue weighted by atomic mass is 10.0. The maximum absolute atomic E-state index is 3.72. The highest BCUT2D eigenvalue weighted by molar-refractivity contribution is 5.38. The van der Waals surface area contributed by atoms with Gasteiger partial charge in [0.25, 0.3) is 0 Å². The van der Waals surface area contributed by atoms with Crippen LogP contribution in [0.15, 0.2) is 49.1 Å². The first-order valence-electron chi connectivity index (χ1n) is 4.78. The van der Waals surface area contributed by atoms with Gasteiger partial charge in [-0.3, -0.25) is 0 Å². The predicted molar refractivity (Wildman–Crippen MR) is 56.8 cm³/mol. The molecule has 0 saturated heterocycles. The standard InChI is InChI=1S/C13H14/c1-2-3-4-11-5-7-12(8-6-11)13-9-10-13/h2,5-10,13H,1,3-4H2. The summed E-state index contributed by atoms with van der Waals surface area (Å²) < 4.78 is 0. The molecule has 0 unspecified atom stereocenters. The summed E-state index contributed by atoms with van der Waals surface area (Å²) >= 11 is 0. The molecule has 1 aliphatic rings. The molecule has 0 heteroatoms. The summed E-state index contributed by atoms with van der Waals surface area (Å²) in [6.45, 7) is 3.72. The summed E-state index contributed by atoms with van der Waals surface area (Å²) in [5.41, 5.74) is 2.83. The van der Waals surface area contributed by atoms with E-state index in [1.54, 1.807) is 0 Å². The largest absolute Gasteiger partial charge is 0.103 e. The van der Waals surface area contributed by atoms with Gasteiger partial charge in [-0.25, -0.2) is 0 Å². The zero-order valence-electron chi connectivity index (χ0n) is 7.74. The van der Waals surface area contributed by atoms with Crippen LogP contribution in [-0.4, -0.2) is 0 Å². The molecule has 0 radical (unpaired) electrons. The van der Waals surface area contributed by atoms with Crippen LogP contribution < -0.4 is 0 Å². The first-order chi connectivity index (χ1) is 6.40. The van der Waals surface area contributed by atoms with Crippen LogP contribution in [0.4, 0.5) is 0 Å². The van der Waals surface area contributed by atoms with Gasteiger partial charge >= 0.3 is 0 Å². The molecule has 1 aliphatic carbocycles. The molecule has 13 heavy (non-hydrogen) atoms. The zero-order valence-corrected chi connectivity index (χ0v) is 7.74. The fourth-order valence-corrected chi connectivity index (χ4v) is 1.45. The van der Waals surface area contributed by atoms with Crippen molar-refractivity contribution in [3.63, 3.8) is 0 Å². The molecule has 0 atom stereocenters. The van der Waals surface area contributed by atoms with E-state index < -0.39 is 0 Å². The zero-order chi connectivity index (χ0) is 9.10. The van der Waals surface area contributed by atoms with E-state index in [-0.39, 0.29) is 0 Å². The monoisotopic (exact) mass is 170 g/mol. The minimum atomic E-state index is 0.633. The van der Waals surface area contributed by atoms with Crippen molar-refractivity contribution in [1.29, 1.82) is 0 Å². The molecule has 0 N–H and O–H groups in total. The molecule has 0 bridgehead atoms. The summed E-state index contributed by atoms with van der Waals surface area (Å²) in [6, 6.07) is 8.89. The lowest BCUT2D eigenvalue weighted by molar-refractivity contribution is 1.00. The SMILES string of the molecule is C=CCCc1ccc(C2C=C2)cc1. The highest BCUT2D eigenvalue weighted by Crippen LogP contribution is 2.29. The summed E-state index contributed by atoms with van der Waals surface area (Å²) in [6.07, 6.45) is 8.59. The Morgan fingerprint density at radius 1 is 1.15 bits per heavy atom. The fraction of sp³-hybridized carbons (Fsp3) is 0.231. The van der Waals surface area contributed by atoms with Crippen LogP contribution in [0.5, 0.6) is 0 Å². The number of aryl methyl sites for hydroxylation is 1. The van der Waals surface area contributed by atoms with Gasteiger partial charge in [0.15, 0.2) is 0 Å². The van der Waals surface area contributed by atoms with Crippen molar-refractivity contribution >= 4 is 0 Å². The predicted octanol–water partition coefficient (Wildman–Crippen LogP) is 3.46. The average Bonchev–Trinajstić information content (AvgIpc) is 2.99. The van der Waals surface area contributed by atoms with Gasteiger partial charge in [0, 0.05) is 5.92 Å². The van der Waals surface area contributed by atoms with Crippen molar-refractivity contribution in [1.82, 2.24) is 0 Å². The Kier molecular flexibility index (Phi) is 2.31. The van der Waals surface area contributed by atoms with Gasteiger partial charge in [-0.05, 0) is 24.0 Å². The maximum atomic E-state index is 3.72. The molecule has 0 amide bonds. The van der Waals surface area contributed by atoms with Crippen molar-refractivity contribution in [2.24, 2.45) is 0 Å². The molecular formula is C13H14. The molecule has 0 spiro atoms. The van der Waals surface area contributed by atoms with Crippen molar-refractivity contribution in [2.75, 3.05) is 0 Å². The number of allylic oxidation sites excluding steroid dienone is 3. The van der Waals surface area contributed by atoms with Crippen LogP contribution in [0.25, 0.3) is 0 Å². The van der Waals surface area contributed by atoms with Crippen LogP contribution in [0, 0.1) is 0 Å². The second kappa shape index (κ2) is 3.61. The van der Waals surface area contributed by atoms with Gasteiger partial charge in [-0.15, -0.1) is 6.58 Å². The highest BCUT2D eigenvalue weighted by Gasteiger charge is 2.12. The van der Waals surface area contributed by atoms with E-state index in [1.807, 2.05) is 6.08 Å². The molecule has 0 nitrogen and oxygen atoms in total. The molecule has 0 saturated carbocycles. The highest BCUT2D eigenvalue weighted by atomic mass is 14.2. The van der Waals surface area contributed by atoms with E-state index in [1.165, 1.54) is 11.1 Å². The van der Waals surface area contributed by atoms with Crippen molar-refractivity contribution < 1.29 is 0 Å². The molecule has 0 fully saturated rings. The van der Waals surface area contributed by atoms with E-state index in [9.17, 15) is 0 Å². The van der Waals surface area contributed by atoms with Gasteiger partial charge in [0.05, 0.1) is 0 Å². The normalized spacial score (nSPS) is 14.5. The second-order valence-electron chi connectivity index (χ2n) is 3.48. The van der Waals surface area contributed by atoms with Crippen molar-refractivity contribution in [3.8, 4) is 0 Å². The van der Waals surface area contributed by atoms with E-state index >= 15 is 0 Å². The van der Waals surface area contributed by atoms with E-state index in [0.717, 1.165) is 12.8 Å². The van der Waals surface area contributed by atoms with Gasteiger partial charge < -0.3 is 0 Å². The van der Waals surface area contributed by atoms with E-state index in [4.69, 9.17) is 0 Å². The Hall–Kier alpha value is -1.30. The van der Waals surface area contributed by atoms with Crippen LogP contribution >= 0.6 is 0 Å². The lowest BCUT2D eigenvalue weighted by Gasteiger charge is -2.01. The van der Waals surface area contributed by atoms with Crippen molar-refractivity contribution in [3.05, 3.63) is 60.2 Å². The van der Waals surface area contributed by atoms with Gasteiger partial charge in [-0.1, -0.05) is 42.5 Å². The van der Waals surface area contributed by atoms with Crippen LogP contribution in [0.2, 0.25) is 0 Å². The molecular weight excluding hydrogens is 156 g/mol. The topological polar surface area (TPSA) is 0 Å². The molecule has 66 valence electrons. The Morgan fingerprint density at radius 3 is 2.38 bits per heavy atom.